The molecule has 5 nitrogen and oxygen atoms in total. The minimum Gasteiger partial charge on any atom is -0.289 e. The molecule has 2 aromatic rings. The lowest BCUT2D eigenvalue weighted by Crippen LogP contribution is -2.22. The molecule has 0 amide bonds. The molecule has 0 aliphatic carbocycles. The Bertz CT molecular complexity index is 651. The van der Waals surface area contributed by atoms with E-state index in [2.05, 4.69) is 9.97 Å². The number of halogens is 1. The fourth-order valence-electron chi connectivity index (χ4n) is 1.32. The summed E-state index contributed by atoms with van der Waals surface area (Å²) in [7, 11) is 0. The predicted molar refractivity (Wildman–Crippen MR) is 51.5 cm³/mol. The molecule has 0 saturated heterocycles. The molecule has 6 heteroatoms. The van der Waals surface area contributed by atoms with Crippen LogP contribution in [-0.2, 0) is 0 Å². The Morgan fingerprint density at radius 3 is 2.73 bits per heavy atom. The highest BCUT2D eigenvalue weighted by Gasteiger charge is 2.09. The second-order valence-electron chi connectivity index (χ2n) is 3.28. The van der Waals surface area contributed by atoms with Gasteiger partial charge in [-0.05, 0) is 13.8 Å². The van der Waals surface area contributed by atoms with Crippen molar-refractivity contribution in [2.24, 2.45) is 0 Å². The number of nitrogens with zero attached hydrogens (tertiary/aromatic N) is 2. The van der Waals surface area contributed by atoms with Crippen molar-refractivity contribution in [1.82, 2.24) is 14.4 Å². The van der Waals surface area contributed by atoms with E-state index >= 15 is 0 Å². The average Bonchev–Trinajstić information content (AvgIpc) is 2.19. The first-order valence-electron chi connectivity index (χ1n) is 4.29. The molecule has 15 heavy (non-hydrogen) atoms. The molecule has 2 rings (SSSR count). The second kappa shape index (κ2) is 3.01. The number of H-pyrrole nitrogens is 1. The van der Waals surface area contributed by atoms with Crippen LogP contribution in [0.3, 0.4) is 0 Å². The van der Waals surface area contributed by atoms with E-state index in [0.29, 0.717) is 5.56 Å². The van der Waals surface area contributed by atoms with Crippen LogP contribution in [0.25, 0.3) is 5.78 Å². The van der Waals surface area contributed by atoms with E-state index in [0.717, 1.165) is 0 Å². The quantitative estimate of drug-likeness (QED) is 0.671. The van der Waals surface area contributed by atoms with E-state index in [1.165, 1.54) is 17.5 Å². The summed E-state index contributed by atoms with van der Waals surface area (Å²) in [6, 6.07) is 0. The van der Waals surface area contributed by atoms with Crippen molar-refractivity contribution in [3.8, 4) is 0 Å². The van der Waals surface area contributed by atoms with Gasteiger partial charge in [-0.15, -0.1) is 0 Å². The van der Waals surface area contributed by atoms with Crippen molar-refractivity contribution in [3.63, 3.8) is 0 Å². The van der Waals surface area contributed by atoms with Gasteiger partial charge in [0.15, 0.2) is 0 Å². The Balaban J connectivity index is 3.06. The van der Waals surface area contributed by atoms with Crippen LogP contribution < -0.4 is 11.1 Å². The number of aryl methyl sites for hydroxylation is 2. The normalized spacial score (nSPS) is 10.9. The number of aromatic nitrogens is 3. The van der Waals surface area contributed by atoms with Gasteiger partial charge in [0.25, 0.3) is 11.1 Å². The monoisotopic (exact) mass is 209 g/mol. The van der Waals surface area contributed by atoms with Crippen LogP contribution in [0.15, 0.2) is 15.8 Å². The Morgan fingerprint density at radius 2 is 2.07 bits per heavy atom. The lowest BCUT2D eigenvalue weighted by atomic mass is 10.3. The molecule has 0 atom stereocenters. The molecule has 1 N–H and O–H groups in total. The van der Waals surface area contributed by atoms with Gasteiger partial charge in [0, 0.05) is 11.8 Å². The largest absolute Gasteiger partial charge is 0.289 e. The number of hydrogen-bond acceptors (Lipinski definition) is 3. The molecule has 2 aromatic heterocycles. The van der Waals surface area contributed by atoms with Crippen molar-refractivity contribution < 1.29 is 4.39 Å². The van der Waals surface area contributed by atoms with Crippen molar-refractivity contribution in [3.05, 3.63) is 44.0 Å². The molecular formula is C9H8FN3O2. The minimum absolute atomic E-state index is 0.0505. The first-order valence-corrected chi connectivity index (χ1v) is 4.29. The summed E-state index contributed by atoms with van der Waals surface area (Å²) in [6.07, 6.45) is 1.44. The first-order chi connectivity index (χ1) is 7.00. The number of fused-ring (bicyclic) bond motifs is 1. The highest BCUT2D eigenvalue weighted by molar-refractivity contribution is 5.31. The van der Waals surface area contributed by atoms with Crippen LogP contribution in [0.2, 0.25) is 0 Å². The Hall–Kier alpha value is -1.98. The summed E-state index contributed by atoms with van der Waals surface area (Å²) < 4.78 is 14.6. The molecule has 0 saturated carbocycles. The van der Waals surface area contributed by atoms with Gasteiger partial charge in [-0.3, -0.25) is 19.0 Å². The van der Waals surface area contributed by atoms with Crippen LogP contribution in [-0.4, -0.2) is 14.4 Å². The van der Waals surface area contributed by atoms with Gasteiger partial charge in [0.1, 0.15) is 0 Å². The Labute approximate surface area is 83.2 Å². The maximum Gasteiger partial charge on any atom is 0.288 e. The third-order valence-electron chi connectivity index (χ3n) is 2.20. The third-order valence-corrected chi connectivity index (χ3v) is 2.20. The summed E-state index contributed by atoms with van der Waals surface area (Å²) in [6.45, 7) is 3.02. The maximum absolute atomic E-state index is 13.2. The minimum atomic E-state index is -0.872. The average molecular weight is 209 g/mol. The Morgan fingerprint density at radius 1 is 1.40 bits per heavy atom. The summed E-state index contributed by atoms with van der Waals surface area (Å²) in [5.41, 5.74) is -0.786. The number of rotatable bonds is 0. The fourth-order valence-corrected chi connectivity index (χ4v) is 1.32. The van der Waals surface area contributed by atoms with Crippen LogP contribution >= 0.6 is 0 Å². The molecule has 0 aliphatic heterocycles. The van der Waals surface area contributed by atoms with Gasteiger partial charge in [0.05, 0.1) is 5.69 Å². The smallest absolute Gasteiger partial charge is 0.288 e. The first kappa shape index (κ1) is 9.57. The van der Waals surface area contributed by atoms with Crippen molar-refractivity contribution in [2.75, 3.05) is 0 Å². The highest BCUT2D eigenvalue weighted by atomic mass is 19.1. The van der Waals surface area contributed by atoms with E-state index < -0.39 is 16.9 Å². The zero-order chi connectivity index (χ0) is 11.2. The molecular weight excluding hydrogens is 201 g/mol. The summed E-state index contributed by atoms with van der Waals surface area (Å²) in [5, 5.41) is 0. The maximum atomic E-state index is 13.2. The van der Waals surface area contributed by atoms with E-state index in [4.69, 9.17) is 0 Å². The molecule has 0 fully saturated rings. The van der Waals surface area contributed by atoms with Crippen molar-refractivity contribution in [1.29, 1.82) is 0 Å². The second-order valence-corrected chi connectivity index (χ2v) is 3.28. The van der Waals surface area contributed by atoms with Gasteiger partial charge in [-0.25, -0.2) is 0 Å². The molecule has 0 spiro atoms. The molecule has 0 radical (unpaired) electrons. The number of nitrogens with one attached hydrogen (secondary N) is 1. The number of aromatic amines is 1. The van der Waals surface area contributed by atoms with E-state index in [9.17, 15) is 14.0 Å². The van der Waals surface area contributed by atoms with Crippen LogP contribution in [0.5, 0.6) is 0 Å². The van der Waals surface area contributed by atoms with Gasteiger partial charge in [-0.1, -0.05) is 0 Å². The van der Waals surface area contributed by atoms with Crippen molar-refractivity contribution >= 4 is 5.78 Å². The summed E-state index contributed by atoms with van der Waals surface area (Å²) >= 11 is 0. The zero-order valence-electron chi connectivity index (χ0n) is 8.17. The molecule has 78 valence electrons. The lowest BCUT2D eigenvalue weighted by molar-refractivity contribution is 0.584. The third kappa shape index (κ3) is 1.34. The van der Waals surface area contributed by atoms with Crippen molar-refractivity contribution in [2.45, 2.75) is 13.8 Å². The SMILES string of the molecule is Cc1cn2c(C)c(F)c(=O)[nH]c2nc1=O. The zero-order valence-corrected chi connectivity index (χ0v) is 8.17. The fraction of sp³-hybridized carbons (Fsp3) is 0.222. The van der Waals surface area contributed by atoms with Gasteiger partial charge >= 0.3 is 0 Å². The lowest BCUT2D eigenvalue weighted by Gasteiger charge is -2.05. The predicted octanol–water partition coefficient (Wildman–Crippen LogP) is 0.139. The highest BCUT2D eigenvalue weighted by Crippen LogP contribution is 2.02. The van der Waals surface area contributed by atoms with E-state index in [1.54, 1.807) is 6.92 Å². The molecule has 0 aliphatic rings. The van der Waals surface area contributed by atoms with Gasteiger partial charge in [-0.2, -0.15) is 9.37 Å². The Kier molecular flexibility index (Phi) is 1.92. The molecule has 2 heterocycles. The van der Waals surface area contributed by atoms with Crippen LogP contribution in [0.4, 0.5) is 4.39 Å². The van der Waals surface area contributed by atoms with E-state index in [-0.39, 0.29) is 11.5 Å². The summed E-state index contributed by atoms with van der Waals surface area (Å²) in [4.78, 5) is 28.1. The van der Waals surface area contributed by atoms with Gasteiger partial charge in [0.2, 0.25) is 11.6 Å². The van der Waals surface area contributed by atoms with Crippen LogP contribution in [0.1, 0.15) is 11.3 Å². The topological polar surface area (TPSA) is 67.2 Å². The molecule has 0 aromatic carbocycles. The summed E-state index contributed by atoms with van der Waals surface area (Å²) in [5.74, 6) is -0.818. The molecule has 0 bridgehead atoms. The standard InChI is InChI=1S/C9H8FN3O2/c1-4-3-13-5(2)6(10)8(15)12-9(13)11-7(4)14/h3H,1-2H3,(H,11,12,14,15). The van der Waals surface area contributed by atoms with E-state index in [1.807, 2.05) is 0 Å². The number of hydrogen-bond donors (Lipinski definition) is 1. The molecule has 0 unspecified atom stereocenters. The van der Waals surface area contributed by atoms with Gasteiger partial charge < -0.3 is 0 Å². The van der Waals surface area contributed by atoms with Crippen LogP contribution in [0, 0.1) is 19.7 Å².